The van der Waals surface area contributed by atoms with E-state index in [0.717, 1.165) is 12.1 Å². The van der Waals surface area contributed by atoms with E-state index < -0.39 is 28.0 Å². The fourth-order valence-electron chi connectivity index (χ4n) is 1.34. The second-order valence-corrected chi connectivity index (χ2v) is 4.20. The highest BCUT2D eigenvalue weighted by Crippen LogP contribution is 2.25. The molecule has 0 heterocycles. The molecule has 6 nitrogen and oxygen atoms in total. The van der Waals surface area contributed by atoms with Crippen molar-refractivity contribution in [2.45, 2.75) is 26.4 Å². The van der Waals surface area contributed by atoms with Crippen LogP contribution in [0, 0.1) is 15.9 Å². The Morgan fingerprint density at radius 2 is 2.11 bits per heavy atom. The lowest BCUT2D eigenvalue weighted by Crippen LogP contribution is -2.39. The quantitative estimate of drug-likeness (QED) is 0.467. The number of rotatable bonds is 5. The molecule has 0 aromatic heterocycles. The number of hydrogen-bond acceptors (Lipinski definition) is 5. The van der Waals surface area contributed by atoms with Crippen LogP contribution in [0.15, 0.2) is 18.2 Å². The lowest BCUT2D eigenvalue weighted by molar-refractivity contribution is -0.387. The first-order valence-corrected chi connectivity index (χ1v) is 5.58. The average Bonchev–Trinajstić information content (AvgIpc) is 2.28. The smallest absolute Gasteiger partial charge is 0.349 e. The minimum Gasteiger partial charge on any atom is -0.476 e. The summed E-state index contributed by atoms with van der Waals surface area (Å²) in [6, 6.07) is 3.06. The molecular formula is C12H14FNO5. The van der Waals surface area contributed by atoms with Crippen LogP contribution in [0.3, 0.4) is 0 Å². The third-order valence-corrected chi connectivity index (χ3v) is 2.26. The molecule has 0 fully saturated rings. The topological polar surface area (TPSA) is 78.7 Å². The first-order chi connectivity index (χ1) is 8.77. The van der Waals surface area contributed by atoms with Crippen LogP contribution in [0.5, 0.6) is 5.75 Å². The maximum absolute atomic E-state index is 13.4. The number of nitrogens with zero attached hydrogens (tertiary/aromatic N) is 1. The highest BCUT2D eigenvalue weighted by Gasteiger charge is 2.32. The van der Waals surface area contributed by atoms with Crippen molar-refractivity contribution < 1.29 is 23.6 Å². The molecule has 0 amide bonds. The fourth-order valence-corrected chi connectivity index (χ4v) is 1.34. The van der Waals surface area contributed by atoms with Crippen LogP contribution in [-0.4, -0.2) is 23.1 Å². The van der Waals surface area contributed by atoms with Crippen LogP contribution in [0.1, 0.15) is 20.8 Å². The number of carbonyl (C=O) groups excluding carboxylic acids is 1. The Labute approximate surface area is 109 Å². The molecule has 0 unspecified atom stereocenters. The molecule has 0 bridgehead atoms. The van der Waals surface area contributed by atoms with Crippen LogP contribution in [0.4, 0.5) is 10.1 Å². The Kier molecular flexibility index (Phi) is 4.42. The van der Waals surface area contributed by atoms with Gasteiger partial charge in [0.1, 0.15) is 5.75 Å². The Balaban J connectivity index is 2.91. The summed E-state index contributed by atoms with van der Waals surface area (Å²) in [5, 5.41) is 10.5. The van der Waals surface area contributed by atoms with E-state index in [1.807, 2.05) is 0 Å². The summed E-state index contributed by atoms with van der Waals surface area (Å²) in [4.78, 5) is 21.2. The van der Waals surface area contributed by atoms with Gasteiger partial charge in [-0.2, -0.15) is 4.39 Å². The monoisotopic (exact) mass is 271 g/mol. The maximum atomic E-state index is 13.4. The SMILES string of the molecule is CCOC(=O)C(C)(C)Oc1ccc([N+](=O)[O-])c(F)c1. The predicted octanol–water partition coefficient (Wildman–Crippen LogP) is 2.45. The van der Waals surface area contributed by atoms with Crippen molar-refractivity contribution in [2.75, 3.05) is 6.61 Å². The largest absolute Gasteiger partial charge is 0.476 e. The molecule has 7 heteroatoms. The molecule has 0 saturated heterocycles. The van der Waals surface area contributed by atoms with Gasteiger partial charge in [0, 0.05) is 12.1 Å². The molecule has 0 atom stereocenters. The molecule has 1 aromatic carbocycles. The minimum absolute atomic E-state index is 0.0150. The van der Waals surface area contributed by atoms with Crippen molar-refractivity contribution in [1.29, 1.82) is 0 Å². The number of benzene rings is 1. The normalized spacial score (nSPS) is 10.9. The Morgan fingerprint density at radius 1 is 1.47 bits per heavy atom. The summed E-state index contributed by atoms with van der Waals surface area (Å²) in [5.74, 6) is -1.61. The Hall–Kier alpha value is -2.18. The summed E-state index contributed by atoms with van der Waals surface area (Å²) in [5.41, 5.74) is -1.96. The summed E-state index contributed by atoms with van der Waals surface area (Å²) < 4.78 is 23.5. The van der Waals surface area contributed by atoms with Crippen LogP contribution in [0.25, 0.3) is 0 Å². The number of hydrogen-bond donors (Lipinski definition) is 0. The third-order valence-electron chi connectivity index (χ3n) is 2.26. The molecule has 19 heavy (non-hydrogen) atoms. The molecule has 0 N–H and O–H groups in total. The summed E-state index contributed by atoms with van der Waals surface area (Å²) in [6.07, 6.45) is 0. The average molecular weight is 271 g/mol. The second kappa shape index (κ2) is 5.64. The van der Waals surface area contributed by atoms with Gasteiger partial charge in [-0.15, -0.1) is 0 Å². The first kappa shape index (κ1) is 14.9. The van der Waals surface area contributed by atoms with Gasteiger partial charge in [-0.25, -0.2) is 4.79 Å². The van der Waals surface area contributed by atoms with E-state index in [9.17, 15) is 19.3 Å². The highest BCUT2D eigenvalue weighted by molar-refractivity contribution is 5.79. The van der Waals surface area contributed by atoms with E-state index in [0.29, 0.717) is 0 Å². The van der Waals surface area contributed by atoms with Gasteiger partial charge < -0.3 is 9.47 Å². The molecule has 0 aliphatic rings. The number of carbonyl (C=O) groups is 1. The number of nitro benzene ring substituents is 1. The third kappa shape index (κ3) is 3.64. The van der Waals surface area contributed by atoms with E-state index in [-0.39, 0.29) is 12.4 Å². The number of ether oxygens (including phenoxy) is 2. The van der Waals surface area contributed by atoms with E-state index in [4.69, 9.17) is 9.47 Å². The summed E-state index contributed by atoms with van der Waals surface area (Å²) >= 11 is 0. The van der Waals surface area contributed by atoms with Crippen LogP contribution in [-0.2, 0) is 9.53 Å². The lowest BCUT2D eigenvalue weighted by Gasteiger charge is -2.23. The molecule has 0 radical (unpaired) electrons. The summed E-state index contributed by atoms with van der Waals surface area (Å²) in [7, 11) is 0. The Bertz CT molecular complexity index is 501. The van der Waals surface area contributed by atoms with Crippen molar-refractivity contribution in [3.8, 4) is 5.75 Å². The zero-order valence-electron chi connectivity index (χ0n) is 10.8. The molecule has 1 rings (SSSR count). The van der Waals surface area contributed by atoms with Gasteiger partial charge in [0.15, 0.2) is 5.60 Å². The van der Waals surface area contributed by atoms with Crippen molar-refractivity contribution in [3.63, 3.8) is 0 Å². The van der Waals surface area contributed by atoms with Crippen molar-refractivity contribution in [3.05, 3.63) is 34.1 Å². The lowest BCUT2D eigenvalue weighted by atomic mass is 10.1. The predicted molar refractivity (Wildman–Crippen MR) is 64.4 cm³/mol. The van der Waals surface area contributed by atoms with E-state index >= 15 is 0 Å². The highest BCUT2D eigenvalue weighted by atomic mass is 19.1. The second-order valence-electron chi connectivity index (χ2n) is 4.20. The van der Waals surface area contributed by atoms with Crippen LogP contribution >= 0.6 is 0 Å². The van der Waals surface area contributed by atoms with Crippen LogP contribution < -0.4 is 4.74 Å². The molecule has 0 saturated carbocycles. The van der Waals surface area contributed by atoms with Gasteiger partial charge in [-0.3, -0.25) is 10.1 Å². The van der Waals surface area contributed by atoms with Crippen LogP contribution in [0.2, 0.25) is 0 Å². The minimum atomic E-state index is -1.31. The zero-order chi connectivity index (χ0) is 14.6. The van der Waals surface area contributed by atoms with Gasteiger partial charge in [-0.05, 0) is 26.8 Å². The van der Waals surface area contributed by atoms with E-state index in [1.54, 1.807) is 6.92 Å². The first-order valence-electron chi connectivity index (χ1n) is 5.58. The number of nitro groups is 1. The molecule has 0 aliphatic carbocycles. The van der Waals surface area contributed by atoms with Crippen molar-refractivity contribution in [2.24, 2.45) is 0 Å². The van der Waals surface area contributed by atoms with Gasteiger partial charge in [-0.1, -0.05) is 0 Å². The zero-order valence-corrected chi connectivity index (χ0v) is 10.8. The molecular weight excluding hydrogens is 257 g/mol. The van der Waals surface area contributed by atoms with E-state index in [2.05, 4.69) is 0 Å². The van der Waals surface area contributed by atoms with E-state index in [1.165, 1.54) is 19.9 Å². The van der Waals surface area contributed by atoms with Gasteiger partial charge in [0.25, 0.3) is 0 Å². The number of esters is 1. The molecule has 0 spiro atoms. The number of halogens is 1. The fraction of sp³-hybridized carbons (Fsp3) is 0.417. The van der Waals surface area contributed by atoms with Gasteiger partial charge in [0.2, 0.25) is 5.82 Å². The van der Waals surface area contributed by atoms with Crippen molar-refractivity contribution in [1.82, 2.24) is 0 Å². The standard InChI is InChI=1S/C12H14FNO5/c1-4-18-11(15)12(2,3)19-8-5-6-10(14(16)17)9(13)7-8/h5-7H,4H2,1-3H3. The van der Waals surface area contributed by atoms with Gasteiger partial charge >= 0.3 is 11.7 Å². The molecule has 104 valence electrons. The van der Waals surface area contributed by atoms with Crippen molar-refractivity contribution >= 4 is 11.7 Å². The Morgan fingerprint density at radius 3 is 2.58 bits per heavy atom. The maximum Gasteiger partial charge on any atom is 0.349 e. The molecule has 1 aromatic rings. The van der Waals surface area contributed by atoms with Gasteiger partial charge in [0.05, 0.1) is 11.5 Å². The molecule has 0 aliphatic heterocycles. The summed E-state index contributed by atoms with van der Waals surface area (Å²) in [6.45, 7) is 4.77.